The lowest BCUT2D eigenvalue weighted by Gasteiger charge is -2.25. The average Bonchev–Trinajstić information content (AvgIpc) is 2.54. The summed E-state index contributed by atoms with van der Waals surface area (Å²) in [5.41, 5.74) is 2.89. The minimum absolute atomic E-state index is 0.0243. The third kappa shape index (κ3) is 4.77. The van der Waals surface area contributed by atoms with E-state index in [0.29, 0.717) is 6.54 Å². The van der Waals surface area contributed by atoms with Gasteiger partial charge in [-0.05, 0) is 50.7 Å². The van der Waals surface area contributed by atoms with Gasteiger partial charge in [-0.1, -0.05) is 12.1 Å². The van der Waals surface area contributed by atoms with Crippen LogP contribution in [0.4, 0.5) is 5.69 Å². The highest BCUT2D eigenvalue weighted by Gasteiger charge is 2.15. The van der Waals surface area contributed by atoms with E-state index in [0.717, 1.165) is 23.5 Å². The number of rotatable bonds is 7. The molecule has 0 aliphatic carbocycles. The Labute approximate surface area is 143 Å². The molecule has 0 radical (unpaired) electrons. The Bertz CT molecular complexity index is 793. The zero-order valence-electron chi connectivity index (χ0n) is 14.2. The molecule has 24 heavy (non-hydrogen) atoms. The molecule has 0 fully saturated rings. The maximum Gasteiger partial charge on any atom is 0.238 e. The molecule has 1 aromatic carbocycles. The zero-order chi connectivity index (χ0) is 17.7. The molecule has 0 aliphatic rings. The van der Waals surface area contributed by atoms with E-state index in [-0.39, 0.29) is 10.9 Å². The molecule has 1 atom stereocenters. The number of hydrogen-bond donors (Lipinski definition) is 2. The third-order valence-corrected chi connectivity index (χ3v) is 4.85. The number of hydrogen-bond acceptors (Lipinski definition) is 5. The Morgan fingerprint density at radius 3 is 2.71 bits per heavy atom. The second-order valence-corrected chi connectivity index (χ2v) is 7.34. The highest BCUT2D eigenvalue weighted by atomic mass is 32.2. The first-order valence-corrected chi connectivity index (χ1v) is 9.37. The van der Waals surface area contributed by atoms with Crippen LogP contribution in [-0.2, 0) is 16.6 Å². The molecular formula is C17H24N4O2S. The van der Waals surface area contributed by atoms with Crippen molar-refractivity contribution in [3.8, 4) is 0 Å². The topological polar surface area (TPSA) is 88.3 Å². The number of nitrogens with two attached hydrogens (primary N) is 1. The Morgan fingerprint density at radius 2 is 2.04 bits per heavy atom. The Kier molecular flexibility index (Phi) is 5.93. The van der Waals surface area contributed by atoms with Crippen molar-refractivity contribution in [2.45, 2.75) is 31.3 Å². The minimum atomic E-state index is -3.69. The number of pyridine rings is 1. The van der Waals surface area contributed by atoms with E-state index in [1.807, 2.05) is 39.1 Å². The maximum atomic E-state index is 11.5. The van der Waals surface area contributed by atoms with E-state index in [1.54, 1.807) is 18.3 Å². The predicted octanol–water partition coefficient (Wildman–Crippen LogP) is 2.35. The van der Waals surface area contributed by atoms with Crippen molar-refractivity contribution in [3.63, 3.8) is 0 Å². The van der Waals surface area contributed by atoms with Crippen LogP contribution in [0, 0.1) is 0 Å². The van der Waals surface area contributed by atoms with Crippen LogP contribution < -0.4 is 10.5 Å². The van der Waals surface area contributed by atoms with Gasteiger partial charge in [0.15, 0.2) is 0 Å². The van der Waals surface area contributed by atoms with Crippen molar-refractivity contribution in [3.05, 3.63) is 53.9 Å². The van der Waals surface area contributed by atoms with Crippen LogP contribution in [0.1, 0.15) is 31.1 Å². The summed E-state index contributed by atoms with van der Waals surface area (Å²) in [5, 5.41) is 8.48. The van der Waals surface area contributed by atoms with Gasteiger partial charge < -0.3 is 5.32 Å². The molecule has 0 saturated carbocycles. The molecule has 2 rings (SSSR count). The summed E-state index contributed by atoms with van der Waals surface area (Å²) in [6.45, 7) is 5.58. The zero-order valence-corrected chi connectivity index (χ0v) is 15.0. The van der Waals surface area contributed by atoms with Gasteiger partial charge in [0, 0.05) is 31.0 Å². The van der Waals surface area contributed by atoms with Crippen molar-refractivity contribution in [1.82, 2.24) is 9.88 Å². The maximum absolute atomic E-state index is 11.5. The number of benzene rings is 1. The molecule has 0 aliphatic heterocycles. The number of nitrogens with one attached hydrogen (secondary N) is 1. The molecule has 1 aromatic heterocycles. The molecule has 0 spiro atoms. The first kappa shape index (κ1) is 18.4. The summed E-state index contributed by atoms with van der Waals surface area (Å²) in [6.07, 6.45) is 1.79. The summed E-state index contributed by atoms with van der Waals surface area (Å²) >= 11 is 0. The fourth-order valence-corrected chi connectivity index (χ4v) is 3.05. The third-order valence-electron chi connectivity index (χ3n) is 3.94. The molecule has 3 N–H and O–H groups in total. The number of anilines is 1. The predicted molar refractivity (Wildman–Crippen MR) is 96.1 cm³/mol. The quantitative estimate of drug-likeness (QED) is 0.802. The molecule has 1 heterocycles. The summed E-state index contributed by atoms with van der Waals surface area (Å²) < 4.78 is 23.0. The lowest BCUT2D eigenvalue weighted by Crippen LogP contribution is -2.23. The Morgan fingerprint density at radius 1 is 1.29 bits per heavy atom. The van der Waals surface area contributed by atoms with Crippen molar-refractivity contribution in [2.75, 3.05) is 18.9 Å². The molecule has 0 bridgehead atoms. The normalized spacial score (nSPS) is 13.0. The van der Waals surface area contributed by atoms with Crippen LogP contribution >= 0.6 is 0 Å². The second-order valence-electron chi connectivity index (χ2n) is 5.77. The average molecular weight is 348 g/mol. The van der Waals surface area contributed by atoms with Gasteiger partial charge in [-0.2, -0.15) is 0 Å². The van der Waals surface area contributed by atoms with E-state index >= 15 is 0 Å². The van der Waals surface area contributed by atoms with Crippen LogP contribution in [-0.4, -0.2) is 31.9 Å². The van der Waals surface area contributed by atoms with E-state index in [4.69, 9.17) is 5.14 Å². The van der Waals surface area contributed by atoms with E-state index in [2.05, 4.69) is 15.2 Å². The fraction of sp³-hybridized carbons (Fsp3) is 0.353. The van der Waals surface area contributed by atoms with Gasteiger partial charge in [-0.15, -0.1) is 0 Å². The SMILES string of the molecule is CCNc1ccnc(CN(C)[C@@H](C)c2cccc(S(N)(=O)=O)c2)c1. The summed E-state index contributed by atoms with van der Waals surface area (Å²) in [6, 6.07) is 10.7. The number of primary sulfonamides is 1. The number of sulfonamides is 1. The highest BCUT2D eigenvalue weighted by molar-refractivity contribution is 7.89. The van der Waals surface area contributed by atoms with Crippen LogP contribution in [0.15, 0.2) is 47.5 Å². The first-order chi connectivity index (χ1) is 11.3. The monoisotopic (exact) mass is 348 g/mol. The first-order valence-electron chi connectivity index (χ1n) is 7.83. The largest absolute Gasteiger partial charge is 0.385 e. The van der Waals surface area contributed by atoms with Gasteiger partial charge in [-0.3, -0.25) is 9.88 Å². The molecule has 2 aromatic rings. The second kappa shape index (κ2) is 7.74. The Hall–Kier alpha value is -1.96. The van der Waals surface area contributed by atoms with Gasteiger partial charge in [0.05, 0.1) is 10.6 Å². The smallest absolute Gasteiger partial charge is 0.238 e. The molecule has 0 unspecified atom stereocenters. The van der Waals surface area contributed by atoms with Crippen molar-refractivity contribution < 1.29 is 8.42 Å². The van der Waals surface area contributed by atoms with Gasteiger partial charge >= 0.3 is 0 Å². The van der Waals surface area contributed by atoms with Crippen molar-refractivity contribution in [2.24, 2.45) is 5.14 Å². The summed E-state index contributed by atoms with van der Waals surface area (Å²) in [7, 11) is -1.71. The molecule has 0 amide bonds. The molecule has 0 saturated heterocycles. The molecular weight excluding hydrogens is 324 g/mol. The minimum Gasteiger partial charge on any atom is -0.385 e. The standard InChI is InChI=1S/C17H24N4O2S/c1-4-19-15-8-9-20-16(11-15)12-21(3)13(2)14-6-5-7-17(10-14)24(18,22)23/h5-11,13H,4,12H2,1-3H3,(H,19,20)(H2,18,22,23)/t13-/m0/s1. The lowest BCUT2D eigenvalue weighted by molar-refractivity contribution is 0.250. The van der Waals surface area contributed by atoms with Gasteiger partial charge in [0.2, 0.25) is 10.0 Å². The van der Waals surface area contributed by atoms with Gasteiger partial charge in [-0.25, -0.2) is 13.6 Å². The van der Waals surface area contributed by atoms with E-state index < -0.39 is 10.0 Å². The lowest BCUT2D eigenvalue weighted by atomic mass is 10.1. The summed E-state index contributed by atoms with van der Waals surface area (Å²) in [4.78, 5) is 6.64. The number of aromatic nitrogens is 1. The van der Waals surface area contributed by atoms with E-state index in [9.17, 15) is 8.42 Å². The van der Waals surface area contributed by atoms with Crippen LogP contribution in [0.25, 0.3) is 0 Å². The highest BCUT2D eigenvalue weighted by Crippen LogP contribution is 2.23. The van der Waals surface area contributed by atoms with Crippen LogP contribution in [0.3, 0.4) is 0 Å². The molecule has 7 heteroatoms. The van der Waals surface area contributed by atoms with Gasteiger partial charge in [0.1, 0.15) is 0 Å². The van der Waals surface area contributed by atoms with Crippen LogP contribution in [0.5, 0.6) is 0 Å². The molecule has 6 nitrogen and oxygen atoms in total. The van der Waals surface area contributed by atoms with Gasteiger partial charge in [0.25, 0.3) is 0 Å². The van der Waals surface area contributed by atoms with Crippen molar-refractivity contribution in [1.29, 1.82) is 0 Å². The number of nitrogens with zero attached hydrogens (tertiary/aromatic N) is 2. The molecule has 130 valence electrons. The van der Waals surface area contributed by atoms with E-state index in [1.165, 1.54) is 6.07 Å². The Balaban J connectivity index is 2.15. The van der Waals surface area contributed by atoms with Crippen LogP contribution in [0.2, 0.25) is 0 Å². The van der Waals surface area contributed by atoms with Crippen molar-refractivity contribution >= 4 is 15.7 Å². The fourth-order valence-electron chi connectivity index (χ4n) is 2.48. The summed E-state index contributed by atoms with van der Waals surface area (Å²) in [5.74, 6) is 0.